The molecule has 0 saturated carbocycles. The van der Waals surface area contributed by atoms with Crippen molar-refractivity contribution in [2.45, 2.75) is 4.90 Å². The highest BCUT2D eigenvalue weighted by atomic mass is 32.2. The Labute approximate surface area is 153 Å². The Balaban J connectivity index is 1.40. The average molecular weight is 371 g/mol. The summed E-state index contributed by atoms with van der Waals surface area (Å²) >= 11 is 1.66. The van der Waals surface area contributed by atoms with Gasteiger partial charge in [-0.25, -0.2) is 0 Å². The van der Waals surface area contributed by atoms with Crippen molar-refractivity contribution in [1.29, 1.82) is 0 Å². The highest BCUT2D eigenvalue weighted by Gasteiger charge is 2.08. The Kier molecular flexibility index (Phi) is 5.75. The fraction of sp³-hybridized carbons (Fsp3) is 0.167. The number of hydrogen-bond acceptors (Lipinski definition) is 5. The lowest BCUT2D eigenvalue weighted by Crippen LogP contribution is -2.30. The third-order valence-electron chi connectivity index (χ3n) is 3.63. The first-order chi connectivity index (χ1) is 12.6. The summed E-state index contributed by atoms with van der Waals surface area (Å²) < 4.78 is 5.29. The molecule has 3 rings (SSSR count). The molecule has 0 atom stereocenters. The molecule has 0 aliphatic carbocycles. The van der Waals surface area contributed by atoms with Crippen LogP contribution >= 0.6 is 11.8 Å². The number of fused-ring (bicyclic) bond motifs is 1. The molecule has 0 spiro atoms. The Bertz CT molecular complexity index is 925. The van der Waals surface area contributed by atoms with E-state index in [0.29, 0.717) is 12.3 Å². The van der Waals surface area contributed by atoms with Crippen LogP contribution in [0.1, 0.15) is 0 Å². The van der Waals surface area contributed by atoms with Crippen LogP contribution in [-0.2, 0) is 4.79 Å². The molecule has 7 nitrogen and oxygen atoms in total. The second-order valence-corrected chi connectivity index (χ2v) is 6.58. The van der Waals surface area contributed by atoms with Gasteiger partial charge in [0.2, 0.25) is 0 Å². The van der Waals surface area contributed by atoms with Gasteiger partial charge in [-0.3, -0.25) is 14.9 Å². The van der Waals surface area contributed by atoms with Crippen molar-refractivity contribution in [2.24, 2.45) is 0 Å². The van der Waals surface area contributed by atoms with Gasteiger partial charge in [-0.15, -0.1) is 11.8 Å². The second kappa shape index (κ2) is 8.39. The molecule has 1 heterocycles. The molecule has 0 fully saturated rings. The summed E-state index contributed by atoms with van der Waals surface area (Å²) in [5, 5.41) is 14.6. The molecule has 2 N–H and O–H groups in total. The number of aromatic amines is 1. The van der Waals surface area contributed by atoms with Gasteiger partial charge in [0, 0.05) is 40.4 Å². The predicted octanol–water partition coefficient (Wildman–Crippen LogP) is 3.36. The first kappa shape index (κ1) is 17.8. The Morgan fingerprint density at radius 1 is 1.23 bits per heavy atom. The lowest BCUT2D eigenvalue weighted by Gasteiger charge is -2.07. The summed E-state index contributed by atoms with van der Waals surface area (Å²) in [5.41, 5.74) is 1.02. The molecule has 134 valence electrons. The topological polar surface area (TPSA) is 97.3 Å². The fourth-order valence-electron chi connectivity index (χ4n) is 2.40. The third-order valence-corrected chi connectivity index (χ3v) is 4.69. The van der Waals surface area contributed by atoms with Crippen molar-refractivity contribution in [3.8, 4) is 5.75 Å². The van der Waals surface area contributed by atoms with Gasteiger partial charge in [-0.05, 0) is 12.1 Å². The van der Waals surface area contributed by atoms with Gasteiger partial charge in [0.25, 0.3) is 11.6 Å². The standard InChI is InChI=1S/C18H17N3O4S/c22-18(12-25-14-5-3-4-13(10-14)21(23)24)19-8-9-26-17-11-20-16-7-2-1-6-15(16)17/h1-7,10-11,20H,8-9,12H2,(H,19,22). The smallest absolute Gasteiger partial charge is 0.273 e. The van der Waals surface area contributed by atoms with E-state index in [9.17, 15) is 14.9 Å². The maximum atomic E-state index is 11.8. The first-order valence-corrected chi connectivity index (χ1v) is 8.95. The summed E-state index contributed by atoms with van der Waals surface area (Å²) in [5.74, 6) is 0.753. The molecule has 0 bridgehead atoms. The molecule has 0 aliphatic rings. The van der Waals surface area contributed by atoms with Crippen molar-refractivity contribution < 1.29 is 14.5 Å². The molecule has 1 amide bonds. The van der Waals surface area contributed by atoms with Crippen molar-refractivity contribution in [3.05, 3.63) is 64.8 Å². The lowest BCUT2D eigenvalue weighted by atomic mass is 10.2. The number of non-ortho nitro benzene ring substituents is 1. The van der Waals surface area contributed by atoms with E-state index in [-0.39, 0.29) is 18.2 Å². The van der Waals surface area contributed by atoms with Gasteiger partial charge < -0.3 is 15.0 Å². The van der Waals surface area contributed by atoms with E-state index in [1.54, 1.807) is 17.8 Å². The number of nitro groups is 1. The number of carbonyl (C=O) groups is 1. The van der Waals surface area contributed by atoms with Crippen LogP contribution in [0.2, 0.25) is 0 Å². The van der Waals surface area contributed by atoms with Gasteiger partial charge in [-0.1, -0.05) is 24.3 Å². The van der Waals surface area contributed by atoms with Gasteiger partial charge >= 0.3 is 0 Å². The molecule has 0 unspecified atom stereocenters. The van der Waals surface area contributed by atoms with E-state index < -0.39 is 4.92 Å². The number of benzene rings is 2. The third kappa shape index (κ3) is 4.54. The van der Waals surface area contributed by atoms with Gasteiger partial charge in [-0.2, -0.15) is 0 Å². The number of nitrogens with one attached hydrogen (secondary N) is 2. The van der Waals surface area contributed by atoms with E-state index >= 15 is 0 Å². The van der Waals surface area contributed by atoms with Crippen LogP contribution < -0.4 is 10.1 Å². The Morgan fingerprint density at radius 2 is 2.08 bits per heavy atom. The summed E-state index contributed by atoms with van der Waals surface area (Å²) in [6.07, 6.45) is 1.96. The number of H-pyrrole nitrogens is 1. The van der Waals surface area contributed by atoms with E-state index in [4.69, 9.17) is 4.74 Å². The maximum absolute atomic E-state index is 11.8. The minimum atomic E-state index is -0.505. The fourth-order valence-corrected chi connectivity index (χ4v) is 3.30. The summed E-state index contributed by atoms with van der Waals surface area (Å²) in [7, 11) is 0. The molecule has 8 heteroatoms. The second-order valence-electron chi connectivity index (χ2n) is 5.44. The van der Waals surface area contributed by atoms with Crippen LogP contribution in [-0.4, -0.2) is 34.7 Å². The SMILES string of the molecule is O=C(COc1cccc([N+](=O)[O-])c1)NCCSc1c[nH]c2ccccc12. The summed E-state index contributed by atoms with van der Waals surface area (Å²) in [4.78, 5) is 26.4. The molecular formula is C18H17N3O4S. The zero-order chi connectivity index (χ0) is 18.4. The van der Waals surface area contributed by atoms with E-state index in [1.807, 2.05) is 24.4 Å². The van der Waals surface area contributed by atoms with E-state index in [2.05, 4.69) is 16.4 Å². The molecule has 1 aromatic heterocycles. The first-order valence-electron chi connectivity index (χ1n) is 7.96. The molecule has 26 heavy (non-hydrogen) atoms. The number of ether oxygens (including phenoxy) is 1. The van der Waals surface area contributed by atoms with Crippen LogP contribution in [0.25, 0.3) is 10.9 Å². The number of thioether (sulfide) groups is 1. The van der Waals surface area contributed by atoms with Crippen LogP contribution in [0.5, 0.6) is 5.75 Å². The monoisotopic (exact) mass is 371 g/mol. The zero-order valence-electron chi connectivity index (χ0n) is 13.8. The highest BCUT2D eigenvalue weighted by molar-refractivity contribution is 7.99. The number of hydrogen-bond donors (Lipinski definition) is 2. The van der Waals surface area contributed by atoms with Crippen molar-refractivity contribution >= 4 is 34.3 Å². The summed E-state index contributed by atoms with van der Waals surface area (Å²) in [6, 6.07) is 13.8. The Morgan fingerprint density at radius 3 is 2.92 bits per heavy atom. The van der Waals surface area contributed by atoms with Crippen molar-refractivity contribution in [3.63, 3.8) is 0 Å². The van der Waals surface area contributed by atoms with E-state index in [1.165, 1.54) is 18.2 Å². The minimum Gasteiger partial charge on any atom is -0.484 e. The van der Waals surface area contributed by atoms with Gasteiger partial charge in [0.05, 0.1) is 11.0 Å². The molecule has 3 aromatic rings. The number of carbonyl (C=O) groups excluding carboxylic acids is 1. The zero-order valence-corrected chi connectivity index (χ0v) is 14.6. The quantitative estimate of drug-likeness (QED) is 0.274. The number of rotatable bonds is 8. The lowest BCUT2D eigenvalue weighted by molar-refractivity contribution is -0.384. The van der Waals surface area contributed by atoms with Crippen LogP contribution in [0, 0.1) is 10.1 Å². The highest BCUT2D eigenvalue weighted by Crippen LogP contribution is 2.27. The molecule has 2 aromatic carbocycles. The van der Waals surface area contributed by atoms with Crippen molar-refractivity contribution in [1.82, 2.24) is 10.3 Å². The Hall–Kier alpha value is -3.00. The molecule has 0 saturated heterocycles. The van der Waals surface area contributed by atoms with Crippen LogP contribution in [0.4, 0.5) is 5.69 Å². The average Bonchev–Trinajstić information content (AvgIpc) is 3.07. The number of para-hydroxylation sites is 1. The predicted molar refractivity (Wildman–Crippen MR) is 101 cm³/mol. The van der Waals surface area contributed by atoms with Gasteiger partial charge in [0.1, 0.15) is 5.75 Å². The van der Waals surface area contributed by atoms with Crippen LogP contribution in [0.3, 0.4) is 0 Å². The largest absolute Gasteiger partial charge is 0.484 e. The number of nitro benzene ring substituents is 1. The van der Waals surface area contributed by atoms with E-state index in [0.717, 1.165) is 21.6 Å². The number of aromatic nitrogens is 1. The number of amides is 1. The molecule has 0 aliphatic heterocycles. The molecule has 0 radical (unpaired) electrons. The minimum absolute atomic E-state index is 0.0713. The summed E-state index contributed by atoms with van der Waals surface area (Å²) in [6.45, 7) is 0.320. The molecular weight excluding hydrogens is 354 g/mol. The number of nitrogens with zero attached hydrogens (tertiary/aromatic N) is 1. The maximum Gasteiger partial charge on any atom is 0.273 e. The normalized spacial score (nSPS) is 10.6. The van der Waals surface area contributed by atoms with Gasteiger partial charge in [0.15, 0.2) is 6.61 Å². The van der Waals surface area contributed by atoms with Crippen molar-refractivity contribution in [2.75, 3.05) is 18.9 Å². The van der Waals surface area contributed by atoms with Crippen LogP contribution in [0.15, 0.2) is 59.6 Å².